The van der Waals surface area contributed by atoms with Gasteiger partial charge in [0.05, 0.1) is 29.3 Å². The second-order valence-electron chi connectivity index (χ2n) is 6.82. The third-order valence-electron chi connectivity index (χ3n) is 5.05. The molecule has 2 aliphatic heterocycles. The van der Waals surface area contributed by atoms with Gasteiger partial charge in [-0.3, -0.25) is 9.59 Å². The summed E-state index contributed by atoms with van der Waals surface area (Å²) in [7, 11) is 1.54. The molecule has 0 aliphatic carbocycles. The molecule has 144 valence electrons. The quantitative estimate of drug-likeness (QED) is 0.523. The minimum Gasteiger partial charge on any atom is -0.496 e. The number of ketones is 1. The monoisotopic (exact) mass is 443 g/mol. The Bertz CT molecular complexity index is 1000. The molecule has 2 aliphatic rings. The van der Waals surface area contributed by atoms with Crippen molar-refractivity contribution in [3.8, 4) is 5.75 Å². The Kier molecular flexibility index (Phi) is 4.93. The van der Waals surface area contributed by atoms with E-state index in [2.05, 4.69) is 15.9 Å². The minimum absolute atomic E-state index is 0.0806. The Labute approximate surface area is 170 Å². The van der Waals surface area contributed by atoms with Crippen LogP contribution in [0.4, 0.5) is 5.69 Å². The summed E-state index contributed by atoms with van der Waals surface area (Å²) in [5.41, 5.74) is 3.67. The van der Waals surface area contributed by atoms with E-state index in [1.165, 1.54) is 7.11 Å². The van der Waals surface area contributed by atoms with E-state index in [-0.39, 0.29) is 18.3 Å². The zero-order valence-electron chi connectivity index (χ0n) is 15.3. The van der Waals surface area contributed by atoms with Crippen molar-refractivity contribution in [1.29, 1.82) is 0 Å². The number of carbonyl (C=O) groups excluding carboxylic acids is 3. The van der Waals surface area contributed by atoms with Gasteiger partial charge in [-0.2, -0.15) is 0 Å². The Morgan fingerprint density at radius 1 is 1.14 bits per heavy atom. The predicted octanol–water partition coefficient (Wildman–Crippen LogP) is 3.33. The summed E-state index contributed by atoms with van der Waals surface area (Å²) < 4.78 is 11.0. The van der Waals surface area contributed by atoms with Crippen LogP contribution in [0.5, 0.6) is 5.75 Å². The van der Waals surface area contributed by atoms with Gasteiger partial charge in [-0.1, -0.05) is 0 Å². The number of Topliss-reactive ketones (excluding diaryl/α,β-unsaturated/α-hetero) is 1. The highest BCUT2D eigenvalue weighted by atomic mass is 79.9. The minimum atomic E-state index is -0.583. The lowest BCUT2D eigenvalue weighted by molar-refractivity contribution is -0.117. The average molecular weight is 444 g/mol. The Hall–Kier alpha value is -2.67. The van der Waals surface area contributed by atoms with Crippen molar-refractivity contribution in [2.45, 2.75) is 19.3 Å². The third-order valence-corrected chi connectivity index (χ3v) is 5.67. The molecule has 2 aromatic rings. The van der Waals surface area contributed by atoms with Crippen LogP contribution in [0.25, 0.3) is 0 Å². The van der Waals surface area contributed by atoms with Crippen molar-refractivity contribution < 1.29 is 23.9 Å². The van der Waals surface area contributed by atoms with E-state index in [9.17, 15) is 14.4 Å². The fourth-order valence-corrected chi connectivity index (χ4v) is 4.27. The summed E-state index contributed by atoms with van der Waals surface area (Å²) in [5.74, 6) is -0.183. The van der Waals surface area contributed by atoms with Crippen molar-refractivity contribution in [3.05, 3.63) is 57.1 Å². The van der Waals surface area contributed by atoms with Crippen molar-refractivity contribution in [2.75, 3.05) is 25.2 Å². The van der Waals surface area contributed by atoms with Crippen molar-refractivity contribution in [1.82, 2.24) is 0 Å². The van der Waals surface area contributed by atoms with Crippen LogP contribution in [0.15, 0.2) is 34.8 Å². The molecule has 0 N–H and O–H groups in total. The van der Waals surface area contributed by atoms with Crippen molar-refractivity contribution in [3.63, 3.8) is 0 Å². The third kappa shape index (κ3) is 3.30. The summed E-state index contributed by atoms with van der Waals surface area (Å²) in [6.07, 6.45) is 2.05. The van der Waals surface area contributed by atoms with Gasteiger partial charge in [-0.15, -0.1) is 0 Å². The lowest BCUT2D eigenvalue weighted by atomic mass is 9.95. The van der Waals surface area contributed by atoms with Gasteiger partial charge in [0.15, 0.2) is 12.4 Å². The molecule has 0 saturated heterocycles. The molecule has 1 amide bonds. The number of aryl methyl sites for hydroxylation is 1. The molecule has 0 fully saturated rings. The molecule has 2 heterocycles. The summed E-state index contributed by atoms with van der Waals surface area (Å²) in [6, 6.07) is 8.39. The van der Waals surface area contributed by atoms with Crippen LogP contribution in [0.3, 0.4) is 0 Å². The zero-order valence-corrected chi connectivity index (χ0v) is 16.9. The van der Waals surface area contributed by atoms with Gasteiger partial charge < -0.3 is 14.4 Å². The average Bonchev–Trinajstić information content (AvgIpc) is 3.02. The molecular formula is C21H18BrNO5. The highest BCUT2D eigenvalue weighted by molar-refractivity contribution is 9.10. The molecule has 4 rings (SSSR count). The molecule has 0 bridgehead atoms. The van der Waals surface area contributed by atoms with Gasteiger partial charge in [0.25, 0.3) is 0 Å². The largest absolute Gasteiger partial charge is 0.496 e. The molecule has 0 aromatic heterocycles. The zero-order chi connectivity index (χ0) is 19.8. The number of esters is 1. The summed E-state index contributed by atoms with van der Waals surface area (Å²) >= 11 is 3.32. The number of carbonyl (C=O) groups is 3. The lowest BCUT2D eigenvalue weighted by Crippen LogP contribution is -2.31. The van der Waals surface area contributed by atoms with E-state index >= 15 is 0 Å². The summed E-state index contributed by atoms with van der Waals surface area (Å²) in [4.78, 5) is 38.8. The number of rotatable bonds is 5. The first-order valence-electron chi connectivity index (χ1n) is 8.98. The van der Waals surface area contributed by atoms with Crippen molar-refractivity contribution >= 4 is 39.3 Å². The Balaban J connectivity index is 1.48. The maximum atomic E-state index is 12.6. The number of anilines is 1. The number of nitrogens with zero attached hydrogens (tertiary/aromatic N) is 1. The number of halogens is 1. The number of ether oxygens (including phenoxy) is 2. The van der Waals surface area contributed by atoms with Crippen LogP contribution < -0.4 is 9.64 Å². The molecular weight excluding hydrogens is 426 g/mol. The molecule has 0 unspecified atom stereocenters. The number of benzene rings is 2. The highest BCUT2D eigenvalue weighted by Gasteiger charge is 2.33. The second-order valence-corrected chi connectivity index (χ2v) is 7.67. The topological polar surface area (TPSA) is 72.9 Å². The van der Waals surface area contributed by atoms with Gasteiger partial charge in [-0.25, -0.2) is 4.79 Å². The van der Waals surface area contributed by atoms with E-state index in [1.54, 1.807) is 24.3 Å². The van der Waals surface area contributed by atoms with E-state index in [0.717, 1.165) is 36.2 Å². The Morgan fingerprint density at radius 3 is 2.68 bits per heavy atom. The molecule has 28 heavy (non-hydrogen) atoms. The SMILES string of the molecule is COc1ccc(C(=O)OCC(=O)c2cc3c4c(c2)CC(=O)N4CCC3)cc1Br. The van der Waals surface area contributed by atoms with Crippen molar-refractivity contribution in [2.24, 2.45) is 0 Å². The van der Waals surface area contributed by atoms with Gasteiger partial charge >= 0.3 is 5.97 Å². The van der Waals surface area contributed by atoms with Crippen LogP contribution in [-0.2, 0) is 22.4 Å². The van der Waals surface area contributed by atoms with E-state index < -0.39 is 5.97 Å². The first kappa shape index (κ1) is 18.7. The summed E-state index contributed by atoms with van der Waals surface area (Å²) in [5, 5.41) is 0. The van der Waals surface area contributed by atoms with Crippen LogP contribution in [0, 0.1) is 0 Å². The molecule has 0 spiro atoms. The number of hydrogen-bond donors (Lipinski definition) is 0. The molecule has 0 saturated carbocycles. The van der Waals surface area contributed by atoms with Crippen LogP contribution in [0.2, 0.25) is 0 Å². The fraction of sp³-hybridized carbons (Fsp3) is 0.286. The lowest BCUT2D eigenvalue weighted by Gasteiger charge is -2.25. The second kappa shape index (κ2) is 7.39. The number of methoxy groups -OCH3 is 1. The first-order chi connectivity index (χ1) is 13.5. The molecule has 2 aromatic carbocycles. The van der Waals surface area contributed by atoms with Gasteiger partial charge in [-0.05, 0) is 70.2 Å². The first-order valence-corrected chi connectivity index (χ1v) is 9.77. The predicted molar refractivity (Wildman–Crippen MR) is 106 cm³/mol. The molecule has 0 atom stereocenters. The summed E-state index contributed by atoms with van der Waals surface area (Å²) in [6.45, 7) is 0.388. The molecule has 0 radical (unpaired) electrons. The standard InChI is InChI=1S/C21H18BrNO5/c1-27-18-5-4-13(9-16(18)22)21(26)28-11-17(24)14-7-12-3-2-6-23-19(25)10-15(8-14)20(12)23/h4-5,7-9H,2-3,6,10-11H2,1H3. The van der Waals surface area contributed by atoms with Crippen LogP contribution in [0.1, 0.15) is 38.3 Å². The Morgan fingerprint density at radius 2 is 1.93 bits per heavy atom. The highest BCUT2D eigenvalue weighted by Crippen LogP contribution is 2.37. The van der Waals surface area contributed by atoms with Crippen LogP contribution >= 0.6 is 15.9 Å². The number of hydrogen-bond acceptors (Lipinski definition) is 5. The van der Waals surface area contributed by atoms with E-state index in [1.807, 2.05) is 11.0 Å². The number of amides is 1. The normalized spacial score (nSPS) is 14.6. The molecule has 6 nitrogen and oxygen atoms in total. The van der Waals surface area contributed by atoms with Gasteiger partial charge in [0.1, 0.15) is 5.75 Å². The van der Waals surface area contributed by atoms with Gasteiger partial charge in [0.2, 0.25) is 5.91 Å². The maximum absolute atomic E-state index is 12.6. The molecule has 7 heteroatoms. The van der Waals surface area contributed by atoms with E-state index in [4.69, 9.17) is 9.47 Å². The smallest absolute Gasteiger partial charge is 0.338 e. The fourth-order valence-electron chi connectivity index (χ4n) is 3.73. The van der Waals surface area contributed by atoms with Crippen LogP contribution in [-0.4, -0.2) is 37.9 Å². The van der Waals surface area contributed by atoms with Gasteiger partial charge in [0, 0.05) is 12.1 Å². The van der Waals surface area contributed by atoms with E-state index in [0.29, 0.717) is 27.8 Å². The maximum Gasteiger partial charge on any atom is 0.338 e.